The van der Waals surface area contributed by atoms with Crippen molar-refractivity contribution in [2.24, 2.45) is 11.1 Å². The first kappa shape index (κ1) is 17.7. The Bertz CT molecular complexity index is 587. The number of carbonyl (C=O) groups is 1. The molecule has 0 aliphatic heterocycles. The van der Waals surface area contributed by atoms with Gasteiger partial charge in [0.1, 0.15) is 10.6 Å². The molecule has 0 saturated heterocycles. The predicted octanol–water partition coefficient (Wildman–Crippen LogP) is 1.88. The van der Waals surface area contributed by atoms with Crippen molar-refractivity contribution in [1.82, 2.24) is 9.88 Å². The molecule has 0 atom stereocenters. The molecule has 7 heteroatoms. The van der Waals surface area contributed by atoms with Crippen LogP contribution >= 0.6 is 0 Å². The highest BCUT2D eigenvalue weighted by atomic mass is 32.2. The summed E-state index contributed by atoms with van der Waals surface area (Å²) in [4.78, 5) is 12.2. The number of nitrogens with one attached hydrogen (secondary N) is 1. The van der Waals surface area contributed by atoms with Gasteiger partial charge in [0.25, 0.3) is 5.91 Å². The molecule has 6 nitrogen and oxygen atoms in total. The van der Waals surface area contributed by atoms with Gasteiger partial charge in [-0.2, -0.15) is 0 Å². The lowest BCUT2D eigenvalue weighted by Gasteiger charge is -2.15. The van der Waals surface area contributed by atoms with Crippen LogP contribution in [0, 0.1) is 5.92 Å². The second-order valence-electron chi connectivity index (χ2n) is 5.50. The first-order chi connectivity index (χ1) is 9.70. The maximum atomic E-state index is 12.3. The van der Waals surface area contributed by atoms with Crippen molar-refractivity contribution in [3.8, 4) is 0 Å². The SMILES string of the molecule is CCC(CC)CNC(=O)c1cc(S(N)(=O)=O)cn1C(C)C. The van der Waals surface area contributed by atoms with Gasteiger partial charge in [-0.3, -0.25) is 4.79 Å². The van der Waals surface area contributed by atoms with E-state index in [1.807, 2.05) is 13.8 Å². The van der Waals surface area contributed by atoms with E-state index in [9.17, 15) is 13.2 Å². The van der Waals surface area contributed by atoms with Gasteiger partial charge < -0.3 is 9.88 Å². The highest BCUT2D eigenvalue weighted by Gasteiger charge is 2.20. The molecular formula is C14H25N3O3S. The lowest BCUT2D eigenvalue weighted by Crippen LogP contribution is -2.30. The van der Waals surface area contributed by atoms with Crippen LogP contribution in [0.1, 0.15) is 57.1 Å². The Morgan fingerprint density at radius 1 is 1.33 bits per heavy atom. The normalized spacial score (nSPS) is 12.1. The largest absolute Gasteiger partial charge is 0.350 e. The van der Waals surface area contributed by atoms with E-state index in [4.69, 9.17) is 5.14 Å². The number of aromatic nitrogens is 1. The molecule has 0 unspecified atom stereocenters. The van der Waals surface area contributed by atoms with Gasteiger partial charge in [0.05, 0.1) is 0 Å². The van der Waals surface area contributed by atoms with Gasteiger partial charge in [0, 0.05) is 18.8 Å². The molecule has 0 bridgehead atoms. The maximum Gasteiger partial charge on any atom is 0.267 e. The fourth-order valence-corrected chi connectivity index (χ4v) is 2.66. The summed E-state index contributed by atoms with van der Waals surface area (Å²) in [6.45, 7) is 8.50. The van der Waals surface area contributed by atoms with Crippen molar-refractivity contribution in [3.63, 3.8) is 0 Å². The third kappa shape index (κ3) is 4.57. The Morgan fingerprint density at radius 2 is 1.90 bits per heavy atom. The average Bonchev–Trinajstić information content (AvgIpc) is 2.84. The second-order valence-corrected chi connectivity index (χ2v) is 7.06. The standard InChI is InChI=1S/C14H25N3O3S/c1-5-11(6-2)8-16-14(18)13-7-12(21(15,19)20)9-17(13)10(3)4/h7,9-11H,5-6,8H2,1-4H3,(H,16,18)(H2,15,19,20). The van der Waals surface area contributed by atoms with Crippen molar-refractivity contribution in [3.05, 3.63) is 18.0 Å². The molecule has 1 heterocycles. The minimum absolute atomic E-state index is 0.0330. The lowest BCUT2D eigenvalue weighted by atomic mass is 10.0. The molecule has 21 heavy (non-hydrogen) atoms. The maximum absolute atomic E-state index is 12.3. The van der Waals surface area contributed by atoms with E-state index in [0.29, 0.717) is 18.2 Å². The topological polar surface area (TPSA) is 94.2 Å². The summed E-state index contributed by atoms with van der Waals surface area (Å²) in [7, 11) is -3.81. The van der Waals surface area contributed by atoms with Crippen LogP contribution in [-0.2, 0) is 10.0 Å². The van der Waals surface area contributed by atoms with Gasteiger partial charge in [-0.1, -0.05) is 26.7 Å². The average molecular weight is 315 g/mol. The highest BCUT2D eigenvalue weighted by Crippen LogP contribution is 2.18. The minimum Gasteiger partial charge on any atom is -0.350 e. The molecule has 1 aromatic heterocycles. The summed E-state index contributed by atoms with van der Waals surface area (Å²) in [5.74, 6) is 0.152. The molecule has 3 N–H and O–H groups in total. The van der Waals surface area contributed by atoms with Crippen LogP contribution in [0.15, 0.2) is 17.2 Å². The smallest absolute Gasteiger partial charge is 0.267 e. The Kier molecular flexibility index (Phi) is 5.98. The molecule has 0 spiro atoms. The second kappa shape index (κ2) is 7.09. The molecule has 0 aromatic carbocycles. The number of nitrogens with two attached hydrogens (primary N) is 1. The summed E-state index contributed by atoms with van der Waals surface area (Å²) in [6.07, 6.45) is 3.39. The molecule has 0 fully saturated rings. The number of amides is 1. The van der Waals surface area contributed by atoms with E-state index in [0.717, 1.165) is 12.8 Å². The van der Waals surface area contributed by atoms with Crippen LogP contribution in [0.2, 0.25) is 0 Å². The summed E-state index contributed by atoms with van der Waals surface area (Å²) < 4.78 is 24.5. The van der Waals surface area contributed by atoms with E-state index < -0.39 is 10.0 Å². The minimum atomic E-state index is -3.81. The quantitative estimate of drug-likeness (QED) is 0.804. The van der Waals surface area contributed by atoms with Gasteiger partial charge >= 0.3 is 0 Å². The number of primary sulfonamides is 1. The van der Waals surface area contributed by atoms with Crippen LogP contribution in [0.25, 0.3) is 0 Å². The first-order valence-corrected chi connectivity index (χ1v) is 8.78. The van der Waals surface area contributed by atoms with Gasteiger partial charge in [0.2, 0.25) is 10.0 Å². The van der Waals surface area contributed by atoms with E-state index in [2.05, 4.69) is 19.2 Å². The number of rotatable bonds is 7. The van der Waals surface area contributed by atoms with Gasteiger partial charge in [-0.05, 0) is 25.8 Å². The van der Waals surface area contributed by atoms with Crippen LogP contribution in [-0.4, -0.2) is 25.4 Å². The van der Waals surface area contributed by atoms with Crippen molar-refractivity contribution in [1.29, 1.82) is 0 Å². The van der Waals surface area contributed by atoms with Crippen LogP contribution in [0.4, 0.5) is 0 Å². The summed E-state index contributed by atoms with van der Waals surface area (Å²) in [5, 5.41) is 8.00. The molecular weight excluding hydrogens is 290 g/mol. The van der Waals surface area contributed by atoms with E-state index in [-0.39, 0.29) is 16.8 Å². The molecule has 0 radical (unpaired) electrons. The zero-order chi connectivity index (χ0) is 16.2. The third-order valence-corrected chi connectivity index (χ3v) is 4.53. The van der Waals surface area contributed by atoms with Gasteiger partial charge in [0.15, 0.2) is 0 Å². The Hall–Kier alpha value is -1.34. The molecule has 0 aliphatic carbocycles. The number of hydrogen-bond donors (Lipinski definition) is 2. The zero-order valence-electron chi connectivity index (χ0n) is 13.1. The van der Waals surface area contributed by atoms with Crippen molar-refractivity contribution < 1.29 is 13.2 Å². The van der Waals surface area contributed by atoms with Gasteiger partial charge in [-0.25, -0.2) is 13.6 Å². The van der Waals surface area contributed by atoms with Crippen LogP contribution in [0.5, 0.6) is 0 Å². The van der Waals surface area contributed by atoms with Gasteiger partial charge in [-0.15, -0.1) is 0 Å². The summed E-state index contributed by atoms with van der Waals surface area (Å²) in [5.41, 5.74) is 0.319. The number of nitrogens with zero attached hydrogens (tertiary/aromatic N) is 1. The van der Waals surface area contributed by atoms with Crippen LogP contribution < -0.4 is 10.5 Å². The first-order valence-electron chi connectivity index (χ1n) is 7.23. The Labute approximate surface area is 126 Å². The monoisotopic (exact) mass is 315 g/mol. The molecule has 1 rings (SSSR count). The highest BCUT2D eigenvalue weighted by molar-refractivity contribution is 7.89. The number of hydrogen-bond acceptors (Lipinski definition) is 3. The molecule has 0 saturated carbocycles. The molecule has 120 valence electrons. The van der Waals surface area contributed by atoms with Crippen molar-refractivity contribution in [2.75, 3.05) is 6.54 Å². The summed E-state index contributed by atoms with van der Waals surface area (Å²) in [6, 6.07) is 1.30. The van der Waals surface area contributed by atoms with E-state index in [1.165, 1.54) is 12.3 Å². The fraction of sp³-hybridized carbons (Fsp3) is 0.643. The van der Waals surface area contributed by atoms with E-state index in [1.54, 1.807) is 4.57 Å². The number of sulfonamides is 1. The molecule has 1 aromatic rings. The van der Waals surface area contributed by atoms with Crippen molar-refractivity contribution in [2.45, 2.75) is 51.5 Å². The third-order valence-electron chi connectivity index (χ3n) is 3.65. The molecule has 1 amide bonds. The zero-order valence-corrected chi connectivity index (χ0v) is 13.9. The Morgan fingerprint density at radius 3 is 2.33 bits per heavy atom. The summed E-state index contributed by atoms with van der Waals surface area (Å²) >= 11 is 0. The Balaban J connectivity index is 3.00. The fourth-order valence-electron chi connectivity index (χ4n) is 2.12. The van der Waals surface area contributed by atoms with E-state index >= 15 is 0 Å². The predicted molar refractivity (Wildman–Crippen MR) is 82.6 cm³/mol. The number of carbonyl (C=O) groups excluding carboxylic acids is 1. The van der Waals surface area contributed by atoms with Crippen molar-refractivity contribution >= 4 is 15.9 Å². The van der Waals surface area contributed by atoms with Crippen LogP contribution in [0.3, 0.4) is 0 Å². The molecule has 0 aliphatic rings. The lowest BCUT2D eigenvalue weighted by molar-refractivity contribution is 0.0935.